The summed E-state index contributed by atoms with van der Waals surface area (Å²) < 4.78 is 0. The van der Waals surface area contributed by atoms with Gasteiger partial charge in [0, 0.05) is 24.8 Å². The molecule has 0 aliphatic carbocycles. The van der Waals surface area contributed by atoms with Gasteiger partial charge < -0.3 is 10.0 Å². The third-order valence-electron chi connectivity index (χ3n) is 3.24. The van der Waals surface area contributed by atoms with Gasteiger partial charge in [0.1, 0.15) is 0 Å². The fourth-order valence-electron chi connectivity index (χ4n) is 1.83. The van der Waals surface area contributed by atoms with Gasteiger partial charge in [0.25, 0.3) is 5.69 Å². The van der Waals surface area contributed by atoms with Gasteiger partial charge in [0.15, 0.2) is 0 Å². The Bertz CT molecular complexity index is 440. The minimum Gasteiger partial charge on any atom is -0.391 e. The Kier molecular flexibility index (Phi) is 6.11. The van der Waals surface area contributed by atoms with Crippen molar-refractivity contribution in [1.29, 1.82) is 0 Å². The maximum Gasteiger partial charge on any atom is 0.275 e. The number of hydrogen-bond donors (Lipinski definition) is 1. The van der Waals surface area contributed by atoms with Crippen molar-refractivity contribution in [2.45, 2.75) is 26.0 Å². The van der Waals surface area contributed by atoms with E-state index in [1.165, 1.54) is 6.07 Å². The zero-order chi connectivity index (χ0) is 14.4. The number of aliphatic hydroxyl groups excluding tert-OH is 1. The number of hydrogen-bond acceptors (Lipinski definition) is 5. The largest absolute Gasteiger partial charge is 0.391 e. The zero-order valence-electron chi connectivity index (χ0n) is 11.5. The van der Waals surface area contributed by atoms with Crippen molar-refractivity contribution in [1.82, 2.24) is 0 Å². The average Bonchev–Trinajstić information content (AvgIpc) is 2.42. The van der Waals surface area contributed by atoms with E-state index in [1.807, 2.05) is 7.05 Å². The Morgan fingerprint density at radius 3 is 2.74 bits per heavy atom. The Labute approximate surface area is 117 Å². The van der Waals surface area contributed by atoms with Crippen LogP contribution in [0.1, 0.15) is 18.9 Å². The summed E-state index contributed by atoms with van der Waals surface area (Å²) in [6, 6.07) is 5.22. The third kappa shape index (κ3) is 4.11. The lowest BCUT2D eigenvalue weighted by molar-refractivity contribution is -0.385. The van der Waals surface area contributed by atoms with Gasteiger partial charge >= 0.3 is 0 Å². The van der Waals surface area contributed by atoms with Crippen LogP contribution in [0.25, 0.3) is 0 Å². The van der Waals surface area contributed by atoms with Gasteiger partial charge in [-0.15, -0.1) is 0 Å². The van der Waals surface area contributed by atoms with Gasteiger partial charge in [-0.25, -0.2) is 0 Å². The van der Waals surface area contributed by atoms with Crippen LogP contribution >= 0.6 is 11.8 Å². The molecular formula is C13H20N2O3S. The molecule has 0 fully saturated rings. The molecule has 5 nitrogen and oxygen atoms in total. The van der Waals surface area contributed by atoms with Crippen LogP contribution in [0.3, 0.4) is 0 Å². The van der Waals surface area contributed by atoms with E-state index in [0.29, 0.717) is 11.6 Å². The minimum atomic E-state index is -0.466. The first kappa shape index (κ1) is 15.8. The molecule has 0 bridgehead atoms. The summed E-state index contributed by atoms with van der Waals surface area (Å²) in [5.41, 5.74) is 1.21. The fourth-order valence-corrected chi connectivity index (χ4v) is 2.41. The van der Waals surface area contributed by atoms with Gasteiger partial charge in [-0.3, -0.25) is 10.1 Å². The normalized spacial score (nSPS) is 12.2. The number of aliphatic hydroxyl groups is 1. The van der Waals surface area contributed by atoms with Crippen LogP contribution < -0.4 is 4.90 Å². The van der Waals surface area contributed by atoms with Crippen LogP contribution in [0.2, 0.25) is 0 Å². The van der Waals surface area contributed by atoms with Crippen molar-refractivity contribution < 1.29 is 10.0 Å². The molecule has 0 radical (unpaired) electrons. The molecule has 0 aliphatic rings. The molecule has 1 N–H and O–H groups in total. The van der Waals surface area contributed by atoms with Crippen molar-refractivity contribution in [2.24, 2.45) is 0 Å². The van der Waals surface area contributed by atoms with Crippen LogP contribution in [-0.2, 0) is 6.61 Å². The molecule has 1 rings (SSSR count). The Balaban J connectivity index is 2.92. The number of rotatable bonds is 7. The van der Waals surface area contributed by atoms with Crippen molar-refractivity contribution in [3.63, 3.8) is 0 Å². The molecule has 0 saturated carbocycles. The Morgan fingerprint density at radius 1 is 1.53 bits per heavy atom. The molecule has 1 unspecified atom stereocenters. The molecule has 106 valence electrons. The average molecular weight is 284 g/mol. The molecule has 1 aromatic rings. The quantitative estimate of drug-likeness (QED) is 0.616. The topological polar surface area (TPSA) is 66.6 Å². The number of nitrogens with zero attached hydrogens (tertiary/aromatic N) is 2. The first-order chi connectivity index (χ1) is 9.01. The van der Waals surface area contributed by atoms with Crippen molar-refractivity contribution in [3.8, 4) is 0 Å². The summed E-state index contributed by atoms with van der Waals surface area (Å²) in [7, 11) is 1.97. The first-order valence-corrected chi connectivity index (χ1v) is 7.50. The van der Waals surface area contributed by atoms with Crippen LogP contribution in [0.15, 0.2) is 18.2 Å². The smallest absolute Gasteiger partial charge is 0.275 e. The highest BCUT2D eigenvalue weighted by atomic mass is 32.2. The molecule has 19 heavy (non-hydrogen) atoms. The molecule has 0 spiro atoms. The molecule has 1 atom stereocenters. The van der Waals surface area contributed by atoms with Crippen molar-refractivity contribution >= 4 is 23.1 Å². The van der Waals surface area contributed by atoms with E-state index in [1.54, 1.807) is 23.9 Å². The molecule has 0 heterocycles. The summed E-state index contributed by atoms with van der Waals surface area (Å²) in [5.74, 6) is 1.07. The van der Waals surface area contributed by atoms with E-state index in [0.717, 1.165) is 17.9 Å². The standard InChI is InChI=1S/C13H20N2O3S/c1-10(6-7-19-3)14(2)12-4-5-13(15(17)18)11(8-12)9-16/h4-5,8,10,16H,6-7,9H2,1-3H3. The fraction of sp³-hybridized carbons (Fsp3) is 0.538. The minimum absolute atomic E-state index is 0.0311. The second-order valence-corrected chi connectivity index (χ2v) is 5.46. The number of nitro groups is 1. The third-order valence-corrected chi connectivity index (χ3v) is 3.88. The van der Waals surface area contributed by atoms with Crippen LogP contribution in [0.4, 0.5) is 11.4 Å². The Morgan fingerprint density at radius 2 is 2.21 bits per heavy atom. The maximum atomic E-state index is 10.8. The molecule has 0 aliphatic heterocycles. The molecule has 0 saturated heterocycles. The number of nitro benzene ring substituents is 1. The number of thioether (sulfide) groups is 1. The molecule has 6 heteroatoms. The predicted molar refractivity (Wildman–Crippen MR) is 79.9 cm³/mol. The van der Waals surface area contributed by atoms with Crippen LogP contribution in [0.5, 0.6) is 0 Å². The molecule has 1 aromatic carbocycles. The van der Waals surface area contributed by atoms with E-state index in [-0.39, 0.29) is 12.3 Å². The summed E-state index contributed by atoms with van der Waals surface area (Å²) >= 11 is 1.80. The maximum absolute atomic E-state index is 10.8. The number of benzene rings is 1. The van der Waals surface area contributed by atoms with Crippen LogP contribution in [0, 0.1) is 10.1 Å². The lowest BCUT2D eigenvalue weighted by Crippen LogP contribution is -2.29. The molecule has 0 amide bonds. The second-order valence-electron chi connectivity index (χ2n) is 4.47. The highest BCUT2D eigenvalue weighted by molar-refractivity contribution is 7.98. The lowest BCUT2D eigenvalue weighted by Gasteiger charge is -2.27. The lowest BCUT2D eigenvalue weighted by atomic mass is 10.1. The first-order valence-electron chi connectivity index (χ1n) is 6.11. The summed E-state index contributed by atoms with van der Waals surface area (Å²) in [6.07, 6.45) is 3.12. The van der Waals surface area contributed by atoms with Crippen molar-refractivity contribution in [3.05, 3.63) is 33.9 Å². The molecule has 0 aromatic heterocycles. The number of anilines is 1. The van der Waals surface area contributed by atoms with Crippen LogP contribution in [-0.4, -0.2) is 35.1 Å². The highest BCUT2D eigenvalue weighted by Crippen LogP contribution is 2.26. The van der Waals surface area contributed by atoms with Gasteiger partial charge in [-0.05, 0) is 37.5 Å². The predicted octanol–water partition coefficient (Wildman–Crippen LogP) is 2.66. The van der Waals surface area contributed by atoms with Crippen molar-refractivity contribution in [2.75, 3.05) is 24.0 Å². The van der Waals surface area contributed by atoms with Gasteiger partial charge in [-0.1, -0.05) is 0 Å². The summed E-state index contributed by atoms with van der Waals surface area (Å²) in [6.45, 7) is 1.80. The van der Waals surface area contributed by atoms with Gasteiger partial charge in [0.05, 0.1) is 17.1 Å². The Hall–Kier alpha value is -1.27. The van der Waals surface area contributed by atoms with E-state index in [9.17, 15) is 15.2 Å². The van der Waals surface area contributed by atoms with E-state index >= 15 is 0 Å². The van der Waals surface area contributed by atoms with E-state index in [4.69, 9.17) is 0 Å². The van der Waals surface area contributed by atoms with E-state index in [2.05, 4.69) is 18.1 Å². The summed E-state index contributed by atoms with van der Waals surface area (Å²) in [4.78, 5) is 12.4. The van der Waals surface area contributed by atoms with E-state index < -0.39 is 4.92 Å². The zero-order valence-corrected chi connectivity index (χ0v) is 12.3. The highest BCUT2D eigenvalue weighted by Gasteiger charge is 2.16. The summed E-state index contributed by atoms with van der Waals surface area (Å²) in [5, 5.41) is 20.0. The SMILES string of the molecule is CSCCC(C)N(C)c1ccc([N+](=O)[O-])c(CO)c1. The molecular weight excluding hydrogens is 264 g/mol. The van der Waals surface area contributed by atoms with Gasteiger partial charge in [-0.2, -0.15) is 11.8 Å². The van der Waals surface area contributed by atoms with Gasteiger partial charge in [0.2, 0.25) is 0 Å². The monoisotopic (exact) mass is 284 g/mol. The second kappa shape index (κ2) is 7.35.